The number of ether oxygens (including phenoxy) is 1. The van der Waals surface area contributed by atoms with Crippen molar-refractivity contribution in [1.82, 2.24) is 14.9 Å². The summed E-state index contributed by atoms with van der Waals surface area (Å²) in [5.41, 5.74) is 2.89. The van der Waals surface area contributed by atoms with E-state index in [1.165, 1.54) is 0 Å². The molecule has 0 radical (unpaired) electrons. The molecule has 0 fully saturated rings. The Labute approximate surface area is 143 Å². The Morgan fingerprint density at radius 2 is 2.00 bits per heavy atom. The number of carbonyl (C=O) groups is 2. The van der Waals surface area contributed by atoms with Crippen molar-refractivity contribution >= 4 is 22.9 Å². The smallest absolute Gasteiger partial charge is 0.329 e. The van der Waals surface area contributed by atoms with Gasteiger partial charge in [-0.2, -0.15) is 0 Å². The number of imidazole rings is 1. The number of carboxylic acids is 1. The highest BCUT2D eigenvalue weighted by Gasteiger charge is 2.14. The van der Waals surface area contributed by atoms with Gasteiger partial charge in [0.1, 0.15) is 19.0 Å². The highest BCUT2D eigenvalue weighted by Crippen LogP contribution is 2.22. The third kappa shape index (κ3) is 3.51. The van der Waals surface area contributed by atoms with Gasteiger partial charge in [-0.25, -0.2) is 9.78 Å². The van der Waals surface area contributed by atoms with Crippen LogP contribution in [0, 0.1) is 0 Å². The maximum absolute atomic E-state index is 11.9. The summed E-state index contributed by atoms with van der Waals surface area (Å²) in [6.07, 6.45) is 0. The van der Waals surface area contributed by atoms with Gasteiger partial charge in [0.05, 0.1) is 11.0 Å². The van der Waals surface area contributed by atoms with Crippen LogP contribution in [0.15, 0.2) is 48.5 Å². The fraction of sp³-hybridized carbons (Fsp3) is 0.167. The zero-order valence-electron chi connectivity index (χ0n) is 13.6. The summed E-state index contributed by atoms with van der Waals surface area (Å²) in [7, 11) is 1.58. The number of hydrogen-bond donors (Lipinski definition) is 2. The minimum Gasteiger partial charge on any atom is -0.480 e. The molecule has 1 heterocycles. The minimum absolute atomic E-state index is 0.0468. The van der Waals surface area contributed by atoms with E-state index in [1.54, 1.807) is 25.2 Å². The fourth-order valence-corrected chi connectivity index (χ4v) is 2.62. The molecule has 0 saturated carbocycles. The topological polar surface area (TPSA) is 93.5 Å². The number of amides is 1. The number of carbonyl (C=O) groups excluding carboxylic acids is 1. The number of aliphatic carboxylic acids is 1. The second kappa shape index (κ2) is 7.14. The lowest BCUT2D eigenvalue weighted by molar-refractivity contribution is -0.142. The van der Waals surface area contributed by atoms with E-state index in [0.717, 1.165) is 16.7 Å². The summed E-state index contributed by atoms with van der Waals surface area (Å²) in [6, 6.07) is 14.7. The average molecular weight is 339 g/mol. The number of hydrogen-bond acceptors (Lipinski definition) is 4. The van der Waals surface area contributed by atoms with Crippen LogP contribution in [0.2, 0.25) is 0 Å². The molecule has 0 atom stereocenters. The van der Waals surface area contributed by atoms with Crippen LogP contribution >= 0.6 is 0 Å². The molecule has 128 valence electrons. The van der Waals surface area contributed by atoms with E-state index in [2.05, 4.69) is 10.3 Å². The fourth-order valence-electron chi connectivity index (χ4n) is 2.62. The monoisotopic (exact) mass is 339 g/mol. The van der Waals surface area contributed by atoms with E-state index in [-0.39, 0.29) is 12.5 Å². The molecule has 0 unspecified atom stereocenters. The van der Waals surface area contributed by atoms with Gasteiger partial charge in [0, 0.05) is 18.3 Å². The maximum Gasteiger partial charge on any atom is 0.329 e. The molecule has 3 aromatic rings. The third-order valence-corrected chi connectivity index (χ3v) is 3.68. The molecule has 1 aromatic heterocycles. The quantitative estimate of drug-likeness (QED) is 0.716. The molecule has 7 nitrogen and oxygen atoms in total. The molecule has 0 bridgehead atoms. The SMILES string of the molecule is CNC(=O)c1cccc(-n2c(COCC(=O)O)nc3ccccc32)c1. The first-order valence-corrected chi connectivity index (χ1v) is 7.68. The van der Waals surface area contributed by atoms with E-state index in [1.807, 2.05) is 34.9 Å². The molecule has 0 spiro atoms. The van der Waals surface area contributed by atoms with Crippen molar-refractivity contribution in [2.45, 2.75) is 6.61 Å². The van der Waals surface area contributed by atoms with E-state index in [4.69, 9.17) is 9.84 Å². The van der Waals surface area contributed by atoms with E-state index >= 15 is 0 Å². The van der Waals surface area contributed by atoms with Gasteiger partial charge < -0.3 is 15.2 Å². The summed E-state index contributed by atoms with van der Waals surface area (Å²) < 4.78 is 7.07. The second-order valence-electron chi connectivity index (χ2n) is 5.37. The van der Waals surface area contributed by atoms with Gasteiger partial charge in [-0.15, -0.1) is 0 Å². The standard InChI is InChI=1S/C18H17N3O4/c1-19-18(24)12-5-4-6-13(9-12)21-15-8-3-2-7-14(15)20-16(21)10-25-11-17(22)23/h2-9H,10-11H2,1H3,(H,19,24)(H,22,23). The van der Waals surface area contributed by atoms with Crippen molar-refractivity contribution in [1.29, 1.82) is 0 Å². The highest BCUT2D eigenvalue weighted by molar-refractivity contribution is 5.94. The van der Waals surface area contributed by atoms with Gasteiger partial charge in [0.25, 0.3) is 5.91 Å². The largest absolute Gasteiger partial charge is 0.480 e. The summed E-state index contributed by atoms with van der Waals surface area (Å²) in [5, 5.41) is 11.3. The number of para-hydroxylation sites is 2. The van der Waals surface area contributed by atoms with Crippen LogP contribution in [0.4, 0.5) is 0 Å². The highest BCUT2D eigenvalue weighted by atomic mass is 16.5. The molecule has 2 N–H and O–H groups in total. The summed E-state index contributed by atoms with van der Waals surface area (Å²) in [4.78, 5) is 27.1. The lowest BCUT2D eigenvalue weighted by atomic mass is 10.2. The molecule has 25 heavy (non-hydrogen) atoms. The molecule has 0 aliphatic carbocycles. The molecule has 7 heteroatoms. The predicted molar refractivity (Wildman–Crippen MR) is 91.8 cm³/mol. The van der Waals surface area contributed by atoms with E-state index in [9.17, 15) is 9.59 Å². The molecular weight excluding hydrogens is 322 g/mol. The summed E-state index contributed by atoms with van der Waals surface area (Å²) in [5.74, 6) is -0.657. The average Bonchev–Trinajstić information content (AvgIpc) is 2.99. The molecular formula is C18H17N3O4. The van der Waals surface area contributed by atoms with Gasteiger partial charge >= 0.3 is 5.97 Å². The van der Waals surface area contributed by atoms with Crippen LogP contribution in [0.3, 0.4) is 0 Å². The van der Waals surface area contributed by atoms with E-state index < -0.39 is 12.6 Å². The van der Waals surface area contributed by atoms with Crippen molar-refractivity contribution in [2.24, 2.45) is 0 Å². The molecule has 0 aliphatic rings. The predicted octanol–water partition coefficient (Wildman–Crippen LogP) is 1.99. The number of nitrogens with one attached hydrogen (secondary N) is 1. The first-order chi connectivity index (χ1) is 12.1. The van der Waals surface area contributed by atoms with Crippen LogP contribution in [-0.2, 0) is 16.1 Å². The van der Waals surface area contributed by atoms with Crippen molar-refractivity contribution in [3.05, 3.63) is 59.9 Å². The number of nitrogens with zero attached hydrogens (tertiary/aromatic N) is 2. The van der Waals surface area contributed by atoms with Crippen LogP contribution in [0.1, 0.15) is 16.2 Å². The number of benzene rings is 2. The van der Waals surface area contributed by atoms with Crippen LogP contribution < -0.4 is 5.32 Å². The number of rotatable bonds is 6. The van der Waals surface area contributed by atoms with Crippen molar-refractivity contribution < 1.29 is 19.4 Å². The maximum atomic E-state index is 11.9. The number of carboxylic acid groups (broad SMARTS) is 1. The van der Waals surface area contributed by atoms with Gasteiger partial charge in [-0.1, -0.05) is 18.2 Å². The van der Waals surface area contributed by atoms with Crippen molar-refractivity contribution in [3.63, 3.8) is 0 Å². The molecule has 0 aliphatic heterocycles. The molecule has 2 aromatic carbocycles. The Morgan fingerprint density at radius 1 is 1.20 bits per heavy atom. The first kappa shape index (κ1) is 16.7. The van der Waals surface area contributed by atoms with Crippen LogP contribution in [-0.4, -0.2) is 40.2 Å². The second-order valence-corrected chi connectivity index (χ2v) is 5.37. The Morgan fingerprint density at radius 3 is 2.76 bits per heavy atom. The lowest BCUT2D eigenvalue weighted by Crippen LogP contribution is -2.18. The Kier molecular flexibility index (Phi) is 4.76. The molecule has 0 saturated heterocycles. The third-order valence-electron chi connectivity index (χ3n) is 3.68. The lowest BCUT2D eigenvalue weighted by Gasteiger charge is -2.11. The normalized spacial score (nSPS) is 10.8. The number of fused-ring (bicyclic) bond motifs is 1. The van der Waals surface area contributed by atoms with Crippen molar-refractivity contribution in [2.75, 3.05) is 13.7 Å². The first-order valence-electron chi connectivity index (χ1n) is 7.68. The zero-order valence-corrected chi connectivity index (χ0v) is 13.6. The van der Waals surface area contributed by atoms with Gasteiger partial charge in [-0.05, 0) is 30.3 Å². The minimum atomic E-state index is -1.04. The Bertz CT molecular complexity index is 933. The van der Waals surface area contributed by atoms with E-state index in [0.29, 0.717) is 11.4 Å². The Hall–Kier alpha value is -3.19. The molecule has 3 rings (SSSR count). The summed E-state index contributed by atoms with van der Waals surface area (Å²) >= 11 is 0. The number of aromatic nitrogens is 2. The molecule has 1 amide bonds. The van der Waals surface area contributed by atoms with Crippen LogP contribution in [0.5, 0.6) is 0 Å². The Balaban J connectivity index is 2.07. The van der Waals surface area contributed by atoms with Crippen molar-refractivity contribution in [3.8, 4) is 5.69 Å². The van der Waals surface area contributed by atoms with Gasteiger partial charge in [0.15, 0.2) is 0 Å². The van der Waals surface area contributed by atoms with Gasteiger partial charge in [-0.3, -0.25) is 9.36 Å². The van der Waals surface area contributed by atoms with Gasteiger partial charge in [0.2, 0.25) is 0 Å². The summed E-state index contributed by atoms with van der Waals surface area (Å²) in [6.45, 7) is -0.354. The van der Waals surface area contributed by atoms with Crippen LogP contribution in [0.25, 0.3) is 16.7 Å². The zero-order chi connectivity index (χ0) is 17.8.